The first-order valence-electron chi connectivity index (χ1n) is 11.2. The number of amides is 1. The Morgan fingerprint density at radius 3 is 2.65 bits per heavy atom. The molecule has 0 spiro atoms. The number of anilines is 1. The van der Waals surface area contributed by atoms with Gasteiger partial charge in [0.05, 0.1) is 37.7 Å². The minimum absolute atomic E-state index is 0.237. The smallest absolute Gasteiger partial charge is 0.341 e. The van der Waals surface area contributed by atoms with E-state index in [4.69, 9.17) is 21.3 Å². The molecule has 0 radical (unpaired) electrons. The predicted molar refractivity (Wildman–Crippen MR) is 140 cm³/mol. The van der Waals surface area contributed by atoms with Crippen molar-refractivity contribution < 1.29 is 14.3 Å². The van der Waals surface area contributed by atoms with Crippen LogP contribution in [0.3, 0.4) is 0 Å². The fourth-order valence-corrected chi connectivity index (χ4v) is 6.53. The Labute approximate surface area is 210 Å². The number of rotatable bonds is 5. The first kappa shape index (κ1) is 23.0. The third-order valence-electron chi connectivity index (χ3n) is 5.73. The molecule has 5 rings (SSSR count). The van der Waals surface area contributed by atoms with Gasteiger partial charge in [-0.2, -0.15) is 0 Å². The molecule has 1 aliphatic carbocycles. The van der Waals surface area contributed by atoms with E-state index in [1.807, 2.05) is 50.2 Å². The molecule has 8 heteroatoms. The summed E-state index contributed by atoms with van der Waals surface area (Å²) >= 11 is 9.04. The van der Waals surface area contributed by atoms with Crippen LogP contribution in [0.2, 0.25) is 4.34 Å². The quantitative estimate of drug-likeness (QED) is 0.284. The van der Waals surface area contributed by atoms with Crippen molar-refractivity contribution in [2.75, 3.05) is 5.32 Å². The Bertz CT molecular complexity index is 1410. The summed E-state index contributed by atoms with van der Waals surface area (Å²) in [7, 11) is 0. The highest BCUT2D eigenvalue weighted by Crippen LogP contribution is 2.39. The molecule has 0 aliphatic heterocycles. The van der Waals surface area contributed by atoms with E-state index in [0.29, 0.717) is 26.2 Å². The zero-order chi connectivity index (χ0) is 23.8. The number of esters is 1. The van der Waals surface area contributed by atoms with Gasteiger partial charge in [-0.15, -0.1) is 22.7 Å². The number of carbonyl (C=O) groups excluding carboxylic acids is 2. The van der Waals surface area contributed by atoms with Gasteiger partial charge in [-0.3, -0.25) is 4.79 Å². The number of fused-ring (bicyclic) bond motifs is 2. The van der Waals surface area contributed by atoms with Gasteiger partial charge in [0, 0.05) is 10.3 Å². The van der Waals surface area contributed by atoms with Crippen LogP contribution in [0.15, 0.2) is 42.5 Å². The number of carbonyl (C=O) groups is 2. The lowest BCUT2D eigenvalue weighted by molar-refractivity contribution is 0.0378. The van der Waals surface area contributed by atoms with E-state index < -0.39 is 0 Å². The number of nitrogens with zero attached hydrogens (tertiary/aromatic N) is 1. The minimum Gasteiger partial charge on any atom is -0.459 e. The van der Waals surface area contributed by atoms with Gasteiger partial charge in [0.25, 0.3) is 5.91 Å². The van der Waals surface area contributed by atoms with Crippen LogP contribution in [-0.4, -0.2) is 23.0 Å². The molecule has 1 amide bonds. The number of aromatic nitrogens is 1. The van der Waals surface area contributed by atoms with Gasteiger partial charge in [0.15, 0.2) is 0 Å². The van der Waals surface area contributed by atoms with E-state index >= 15 is 0 Å². The number of para-hydroxylation sites is 1. The van der Waals surface area contributed by atoms with Crippen LogP contribution in [-0.2, 0) is 17.6 Å². The molecular formula is C26H23ClN2O3S2. The number of hydrogen-bond donors (Lipinski definition) is 1. The highest BCUT2D eigenvalue weighted by atomic mass is 35.5. The molecule has 3 heterocycles. The van der Waals surface area contributed by atoms with Crippen LogP contribution < -0.4 is 5.32 Å². The first-order valence-corrected chi connectivity index (χ1v) is 13.2. The second-order valence-corrected chi connectivity index (χ2v) is 11.3. The number of halogens is 1. The molecule has 1 N–H and O–H groups in total. The number of pyridine rings is 1. The lowest BCUT2D eigenvalue weighted by Crippen LogP contribution is -2.18. The monoisotopic (exact) mass is 510 g/mol. The van der Waals surface area contributed by atoms with Gasteiger partial charge in [0.1, 0.15) is 5.00 Å². The minimum atomic E-state index is -0.377. The SMILES string of the molecule is CC(C)OC(=O)c1c(NC(=O)c2cc(-c3ccc(Cl)s3)nc3ccccc23)sc2c1CCCC2. The largest absolute Gasteiger partial charge is 0.459 e. The van der Waals surface area contributed by atoms with Crippen molar-refractivity contribution in [3.05, 3.63) is 68.4 Å². The van der Waals surface area contributed by atoms with Gasteiger partial charge < -0.3 is 10.1 Å². The standard InChI is InChI=1S/C26H23ClN2O3S2/c1-14(2)32-26(31)23-16-8-4-6-10-20(16)34-25(23)29-24(30)17-13-19(21-11-12-22(27)33-21)28-18-9-5-3-7-15(17)18/h3,5,7,9,11-14H,4,6,8,10H2,1-2H3,(H,29,30). The van der Waals surface area contributed by atoms with Crippen molar-refractivity contribution in [2.45, 2.75) is 45.6 Å². The molecule has 0 unspecified atom stereocenters. The van der Waals surface area contributed by atoms with Crippen molar-refractivity contribution in [1.82, 2.24) is 4.98 Å². The average Bonchev–Trinajstić information content (AvgIpc) is 3.41. The Morgan fingerprint density at radius 1 is 1.09 bits per heavy atom. The van der Waals surface area contributed by atoms with Crippen LogP contribution in [0.1, 0.15) is 57.8 Å². The van der Waals surface area contributed by atoms with Crippen molar-refractivity contribution in [3.8, 4) is 10.6 Å². The molecule has 5 nitrogen and oxygen atoms in total. The van der Waals surface area contributed by atoms with Gasteiger partial charge in [-0.25, -0.2) is 9.78 Å². The van der Waals surface area contributed by atoms with Gasteiger partial charge in [-0.1, -0.05) is 29.8 Å². The number of ether oxygens (including phenoxy) is 1. The van der Waals surface area contributed by atoms with E-state index in [0.717, 1.165) is 51.9 Å². The van der Waals surface area contributed by atoms with Gasteiger partial charge in [0.2, 0.25) is 0 Å². The highest BCUT2D eigenvalue weighted by molar-refractivity contribution is 7.19. The van der Waals surface area contributed by atoms with E-state index in [1.165, 1.54) is 22.7 Å². The maximum atomic E-state index is 13.6. The van der Waals surface area contributed by atoms with Crippen molar-refractivity contribution in [1.29, 1.82) is 0 Å². The summed E-state index contributed by atoms with van der Waals surface area (Å²) in [6.07, 6.45) is 3.62. The lowest BCUT2D eigenvalue weighted by Gasteiger charge is -2.14. The Morgan fingerprint density at radius 2 is 1.88 bits per heavy atom. The molecule has 0 saturated carbocycles. The summed E-state index contributed by atoms with van der Waals surface area (Å²) in [5.74, 6) is -0.655. The normalized spacial score (nSPS) is 13.2. The molecule has 0 saturated heterocycles. The summed E-state index contributed by atoms with van der Waals surface area (Å²) < 4.78 is 6.19. The first-order chi connectivity index (χ1) is 16.4. The Hall–Kier alpha value is -2.74. The van der Waals surface area contributed by atoms with Crippen LogP contribution in [0.4, 0.5) is 5.00 Å². The molecule has 0 bridgehead atoms. The van der Waals surface area contributed by atoms with Crippen LogP contribution in [0.25, 0.3) is 21.5 Å². The summed E-state index contributed by atoms with van der Waals surface area (Å²) in [5.41, 5.74) is 3.43. The molecule has 4 aromatic rings. The van der Waals surface area contributed by atoms with Crippen LogP contribution in [0.5, 0.6) is 0 Å². The van der Waals surface area contributed by atoms with Gasteiger partial charge in [-0.05, 0) is 69.4 Å². The number of nitrogens with one attached hydrogen (secondary N) is 1. The highest BCUT2D eigenvalue weighted by Gasteiger charge is 2.28. The van der Waals surface area contributed by atoms with Crippen molar-refractivity contribution in [2.24, 2.45) is 0 Å². The molecule has 174 valence electrons. The van der Waals surface area contributed by atoms with Gasteiger partial charge >= 0.3 is 5.97 Å². The van der Waals surface area contributed by atoms with E-state index in [1.54, 1.807) is 6.07 Å². The maximum Gasteiger partial charge on any atom is 0.341 e. The average molecular weight is 511 g/mol. The van der Waals surface area contributed by atoms with Crippen LogP contribution >= 0.6 is 34.3 Å². The molecule has 0 atom stereocenters. The summed E-state index contributed by atoms with van der Waals surface area (Å²) in [4.78, 5) is 33.4. The molecule has 0 fully saturated rings. The number of aryl methyl sites for hydroxylation is 1. The van der Waals surface area contributed by atoms with Crippen molar-refractivity contribution in [3.63, 3.8) is 0 Å². The topological polar surface area (TPSA) is 68.3 Å². The Kier molecular flexibility index (Phi) is 6.42. The molecular weight excluding hydrogens is 488 g/mol. The second-order valence-electron chi connectivity index (χ2n) is 8.50. The zero-order valence-corrected chi connectivity index (χ0v) is 21.2. The third kappa shape index (κ3) is 4.48. The molecule has 1 aliphatic rings. The maximum absolute atomic E-state index is 13.6. The molecule has 3 aromatic heterocycles. The fraction of sp³-hybridized carbons (Fsp3) is 0.269. The number of hydrogen-bond acceptors (Lipinski definition) is 6. The number of benzene rings is 1. The lowest BCUT2D eigenvalue weighted by atomic mass is 9.95. The summed E-state index contributed by atoms with van der Waals surface area (Å²) in [6.45, 7) is 3.66. The molecule has 1 aromatic carbocycles. The fourth-order valence-electron chi connectivity index (χ4n) is 4.25. The van der Waals surface area contributed by atoms with Crippen molar-refractivity contribution >= 4 is 62.1 Å². The Balaban J connectivity index is 1.57. The van der Waals surface area contributed by atoms with E-state index in [9.17, 15) is 9.59 Å². The van der Waals surface area contributed by atoms with Crippen LogP contribution in [0, 0.1) is 0 Å². The second kappa shape index (κ2) is 9.49. The summed E-state index contributed by atoms with van der Waals surface area (Å²) in [6, 6.07) is 13.1. The summed E-state index contributed by atoms with van der Waals surface area (Å²) in [5, 5.41) is 4.35. The zero-order valence-electron chi connectivity index (χ0n) is 18.8. The predicted octanol–water partition coefficient (Wildman–Crippen LogP) is 7.37. The number of thiophene rings is 2. The molecule has 34 heavy (non-hydrogen) atoms. The third-order valence-corrected chi connectivity index (χ3v) is 8.19. The van der Waals surface area contributed by atoms with E-state index in [2.05, 4.69) is 5.32 Å². The van der Waals surface area contributed by atoms with E-state index in [-0.39, 0.29) is 18.0 Å².